The van der Waals surface area contributed by atoms with E-state index in [9.17, 15) is 10.5 Å². The average molecular weight is 408 g/mol. The van der Waals surface area contributed by atoms with Crippen LogP contribution in [0.1, 0.15) is 58.7 Å². The van der Waals surface area contributed by atoms with Crippen molar-refractivity contribution in [2.24, 2.45) is 0 Å². The van der Waals surface area contributed by atoms with Crippen LogP contribution in [0, 0.1) is 36.5 Å². The van der Waals surface area contributed by atoms with Crippen LogP contribution in [0.3, 0.4) is 0 Å². The standard InChI is InChI=1S/C28H29N3/c1-20-10-12-23(13-11-20)18-27(25-8-5-7-24(17-25)19-30)22(3)31-28(14-15-29)26-9-4-6-21(2)16-26/h4-13,16-17,22,27-28,31H,14,18H2,1-3H3/t22-,27+,28?/m0/s1. The molecule has 0 amide bonds. The lowest BCUT2D eigenvalue weighted by Gasteiger charge is -2.30. The van der Waals surface area contributed by atoms with Crippen LogP contribution < -0.4 is 5.32 Å². The number of aryl methyl sites for hydroxylation is 2. The van der Waals surface area contributed by atoms with Crippen LogP contribution in [0.5, 0.6) is 0 Å². The summed E-state index contributed by atoms with van der Waals surface area (Å²) in [5.74, 6) is 0.169. The van der Waals surface area contributed by atoms with Crippen molar-refractivity contribution in [2.45, 2.75) is 51.6 Å². The summed E-state index contributed by atoms with van der Waals surface area (Å²) in [7, 11) is 0. The van der Waals surface area contributed by atoms with E-state index >= 15 is 0 Å². The van der Waals surface area contributed by atoms with Crippen molar-refractivity contribution < 1.29 is 0 Å². The molecule has 3 aromatic rings. The molecule has 3 rings (SSSR count). The van der Waals surface area contributed by atoms with E-state index in [1.807, 2.05) is 24.3 Å². The van der Waals surface area contributed by atoms with E-state index in [0.717, 1.165) is 17.5 Å². The highest BCUT2D eigenvalue weighted by molar-refractivity contribution is 5.36. The Kier molecular flexibility index (Phi) is 7.60. The molecule has 0 saturated heterocycles. The molecule has 3 nitrogen and oxygen atoms in total. The second-order valence-electron chi connectivity index (χ2n) is 8.32. The second kappa shape index (κ2) is 10.6. The van der Waals surface area contributed by atoms with Crippen molar-refractivity contribution in [3.05, 3.63) is 106 Å². The number of rotatable bonds is 8. The number of benzene rings is 3. The van der Waals surface area contributed by atoms with Crippen LogP contribution >= 0.6 is 0 Å². The topological polar surface area (TPSA) is 59.6 Å². The third kappa shape index (κ3) is 6.05. The highest BCUT2D eigenvalue weighted by Gasteiger charge is 2.24. The summed E-state index contributed by atoms with van der Waals surface area (Å²) in [5.41, 5.74) is 6.64. The van der Waals surface area contributed by atoms with Crippen LogP contribution in [-0.4, -0.2) is 6.04 Å². The Labute approximate surface area is 186 Å². The summed E-state index contributed by atoms with van der Waals surface area (Å²) in [6.07, 6.45) is 1.26. The smallest absolute Gasteiger partial charge is 0.0991 e. The van der Waals surface area contributed by atoms with E-state index < -0.39 is 0 Å². The Morgan fingerprint density at radius 1 is 0.839 bits per heavy atom. The van der Waals surface area contributed by atoms with Crippen molar-refractivity contribution in [3.63, 3.8) is 0 Å². The predicted molar refractivity (Wildman–Crippen MR) is 126 cm³/mol. The third-order valence-electron chi connectivity index (χ3n) is 5.83. The van der Waals surface area contributed by atoms with Crippen molar-refractivity contribution in [3.8, 4) is 12.1 Å². The monoisotopic (exact) mass is 407 g/mol. The van der Waals surface area contributed by atoms with Crippen LogP contribution in [-0.2, 0) is 6.42 Å². The summed E-state index contributed by atoms with van der Waals surface area (Å²) in [5, 5.41) is 22.6. The minimum atomic E-state index is -0.0421. The van der Waals surface area contributed by atoms with Crippen LogP contribution in [0.2, 0.25) is 0 Å². The van der Waals surface area contributed by atoms with Gasteiger partial charge in [-0.2, -0.15) is 10.5 Å². The molecule has 0 heterocycles. The second-order valence-corrected chi connectivity index (χ2v) is 8.32. The van der Waals surface area contributed by atoms with Gasteiger partial charge in [-0.1, -0.05) is 71.8 Å². The molecule has 0 aromatic heterocycles. The molecule has 0 spiro atoms. The van der Waals surface area contributed by atoms with Crippen molar-refractivity contribution >= 4 is 0 Å². The lowest BCUT2D eigenvalue weighted by atomic mass is 9.85. The summed E-state index contributed by atoms with van der Waals surface area (Å²) < 4.78 is 0. The van der Waals surface area contributed by atoms with E-state index in [-0.39, 0.29) is 18.0 Å². The maximum absolute atomic E-state index is 9.44. The van der Waals surface area contributed by atoms with Gasteiger partial charge in [-0.25, -0.2) is 0 Å². The number of nitrogens with one attached hydrogen (secondary N) is 1. The van der Waals surface area contributed by atoms with Crippen molar-refractivity contribution in [1.29, 1.82) is 10.5 Å². The maximum Gasteiger partial charge on any atom is 0.0991 e. The SMILES string of the molecule is Cc1ccc(C[C@@H](c2cccc(C#N)c2)[C@H](C)NC(CC#N)c2cccc(C)c2)cc1. The summed E-state index contributed by atoms with van der Waals surface area (Å²) in [4.78, 5) is 0. The van der Waals surface area contributed by atoms with Crippen LogP contribution in [0.4, 0.5) is 0 Å². The molecule has 0 fully saturated rings. The normalized spacial score (nSPS) is 13.6. The first-order chi connectivity index (χ1) is 15.0. The first-order valence-corrected chi connectivity index (χ1v) is 10.8. The molecule has 0 aliphatic rings. The Morgan fingerprint density at radius 3 is 2.23 bits per heavy atom. The van der Waals surface area contributed by atoms with Gasteiger partial charge in [0, 0.05) is 18.0 Å². The summed E-state index contributed by atoms with van der Waals surface area (Å²) >= 11 is 0. The Morgan fingerprint density at radius 2 is 1.55 bits per heavy atom. The number of nitrogens with zero attached hydrogens (tertiary/aromatic N) is 2. The molecule has 0 aliphatic heterocycles. The van der Waals surface area contributed by atoms with E-state index in [1.54, 1.807) is 0 Å². The third-order valence-corrected chi connectivity index (χ3v) is 5.83. The van der Waals surface area contributed by atoms with Gasteiger partial charge in [-0.15, -0.1) is 0 Å². The van der Waals surface area contributed by atoms with E-state index in [4.69, 9.17) is 0 Å². The molecular formula is C28H29N3. The van der Waals surface area contributed by atoms with Gasteiger partial charge in [0.1, 0.15) is 0 Å². The first-order valence-electron chi connectivity index (χ1n) is 10.8. The van der Waals surface area contributed by atoms with Crippen LogP contribution in [0.25, 0.3) is 0 Å². The fraction of sp³-hybridized carbons (Fsp3) is 0.286. The fourth-order valence-corrected chi connectivity index (χ4v) is 4.08. The highest BCUT2D eigenvalue weighted by atomic mass is 15.0. The summed E-state index contributed by atoms with van der Waals surface area (Å²) in [6, 6.07) is 29.5. The lowest BCUT2D eigenvalue weighted by Crippen LogP contribution is -2.36. The molecule has 3 aromatic carbocycles. The zero-order valence-corrected chi connectivity index (χ0v) is 18.5. The zero-order chi connectivity index (χ0) is 22.2. The molecule has 0 radical (unpaired) electrons. The minimum Gasteiger partial charge on any atom is -0.306 e. The molecular weight excluding hydrogens is 378 g/mol. The summed E-state index contributed by atoms with van der Waals surface area (Å²) in [6.45, 7) is 6.35. The van der Waals surface area contributed by atoms with Gasteiger partial charge < -0.3 is 5.32 Å². The number of nitriles is 2. The molecule has 0 bridgehead atoms. The minimum absolute atomic E-state index is 0.0421. The van der Waals surface area contributed by atoms with Gasteiger partial charge in [0.15, 0.2) is 0 Å². The van der Waals surface area contributed by atoms with Gasteiger partial charge in [-0.3, -0.25) is 0 Å². The molecule has 0 saturated carbocycles. The quantitative estimate of drug-likeness (QED) is 0.488. The molecule has 1 N–H and O–H groups in total. The predicted octanol–water partition coefficient (Wildman–Crippen LogP) is 6.13. The first kappa shape index (κ1) is 22.3. The van der Waals surface area contributed by atoms with E-state index in [0.29, 0.717) is 12.0 Å². The van der Waals surface area contributed by atoms with E-state index in [2.05, 4.69) is 86.8 Å². The fourth-order valence-electron chi connectivity index (χ4n) is 4.08. The molecule has 3 heteroatoms. The zero-order valence-electron chi connectivity index (χ0n) is 18.5. The van der Waals surface area contributed by atoms with Gasteiger partial charge in [0.05, 0.1) is 24.1 Å². The maximum atomic E-state index is 9.44. The van der Waals surface area contributed by atoms with Gasteiger partial charge in [0.25, 0.3) is 0 Å². The highest BCUT2D eigenvalue weighted by Crippen LogP contribution is 2.28. The number of hydrogen-bond donors (Lipinski definition) is 1. The van der Waals surface area contributed by atoms with Gasteiger partial charge >= 0.3 is 0 Å². The van der Waals surface area contributed by atoms with Crippen molar-refractivity contribution in [2.75, 3.05) is 0 Å². The van der Waals surface area contributed by atoms with Gasteiger partial charge in [0.2, 0.25) is 0 Å². The number of hydrogen-bond acceptors (Lipinski definition) is 3. The lowest BCUT2D eigenvalue weighted by molar-refractivity contribution is 0.401. The average Bonchev–Trinajstić information content (AvgIpc) is 2.78. The van der Waals surface area contributed by atoms with E-state index in [1.165, 1.54) is 16.7 Å². The van der Waals surface area contributed by atoms with Gasteiger partial charge in [-0.05, 0) is 56.0 Å². The largest absolute Gasteiger partial charge is 0.306 e. The van der Waals surface area contributed by atoms with Crippen LogP contribution in [0.15, 0.2) is 72.8 Å². The van der Waals surface area contributed by atoms with Crippen molar-refractivity contribution in [1.82, 2.24) is 5.32 Å². The molecule has 31 heavy (non-hydrogen) atoms. The molecule has 156 valence electrons. The Balaban J connectivity index is 1.91. The molecule has 1 unspecified atom stereocenters. The molecule has 3 atom stereocenters. The Hall–Kier alpha value is -3.40. The Bertz CT molecular complexity index is 1090. The molecule has 0 aliphatic carbocycles.